The summed E-state index contributed by atoms with van der Waals surface area (Å²) in [5.41, 5.74) is 0. The van der Waals surface area contributed by atoms with Gasteiger partial charge in [0.25, 0.3) is 0 Å². The Hall–Kier alpha value is -1.14. The van der Waals surface area contributed by atoms with Crippen LogP contribution in [0.1, 0.15) is 38.5 Å². The molecule has 2 amide bonds. The van der Waals surface area contributed by atoms with E-state index in [0.717, 1.165) is 25.9 Å². The molecule has 6 nitrogen and oxygen atoms in total. The van der Waals surface area contributed by atoms with Crippen LogP contribution in [-0.4, -0.2) is 62.0 Å². The molecule has 2 rings (SSSR count). The van der Waals surface area contributed by atoms with Gasteiger partial charge in [-0.3, -0.25) is 14.5 Å². The van der Waals surface area contributed by atoms with Gasteiger partial charge in [0.15, 0.2) is 0 Å². The molecule has 0 unspecified atom stereocenters. The summed E-state index contributed by atoms with van der Waals surface area (Å²) in [7, 11) is 1.66. The van der Waals surface area contributed by atoms with Gasteiger partial charge in [0.05, 0.1) is 13.1 Å². The SMILES string of the molecule is CNC(=O)CN1CCC(NC(=O)CNC2CCCC2)CC1. The molecule has 2 aliphatic rings. The Balaban J connectivity index is 1.59. The van der Waals surface area contributed by atoms with Gasteiger partial charge < -0.3 is 16.0 Å². The van der Waals surface area contributed by atoms with Crippen LogP contribution in [-0.2, 0) is 9.59 Å². The van der Waals surface area contributed by atoms with Crippen molar-refractivity contribution in [3.63, 3.8) is 0 Å². The molecule has 0 bridgehead atoms. The Labute approximate surface area is 127 Å². The minimum atomic E-state index is 0.0539. The van der Waals surface area contributed by atoms with Gasteiger partial charge in [0, 0.05) is 32.2 Å². The fraction of sp³-hybridized carbons (Fsp3) is 0.867. The number of likely N-dealkylation sites (tertiary alicyclic amines) is 1. The molecule has 1 saturated heterocycles. The molecule has 6 heteroatoms. The number of carbonyl (C=O) groups is 2. The van der Waals surface area contributed by atoms with Crippen LogP contribution in [0.5, 0.6) is 0 Å². The van der Waals surface area contributed by atoms with Crippen LogP contribution in [0, 0.1) is 0 Å². The second-order valence-corrected chi connectivity index (χ2v) is 6.15. The highest BCUT2D eigenvalue weighted by Crippen LogP contribution is 2.17. The van der Waals surface area contributed by atoms with Crippen molar-refractivity contribution in [3.05, 3.63) is 0 Å². The maximum atomic E-state index is 11.9. The van der Waals surface area contributed by atoms with E-state index in [4.69, 9.17) is 0 Å². The van der Waals surface area contributed by atoms with Gasteiger partial charge in [-0.15, -0.1) is 0 Å². The normalized spacial score (nSPS) is 21.4. The first-order chi connectivity index (χ1) is 10.2. The van der Waals surface area contributed by atoms with Crippen LogP contribution in [0.25, 0.3) is 0 Å². The van der Waals surface area contributed by atoms with E-state index < -0.39 is 0 Å². The molecule has 1 heterocycles. The van der Waals surface area contributed by atoms with Gasteiger partial charge >= 0.3 is 0 Å². The maximum absolute atomic E-state index is 11.9. The molecule has 120 valence electrons. The summed E-state index contributed by atoms with van der Waals surface area (Å²) in [4.78, 5) is 25.4. The van der Waals surface area contributed by atoms with E-state index in [9.17, 15) is 9.59 Å². The molecule has 1 aliphatic heterocycles. The first-order valence-corrected chi connectivity index (χ1v) is 8.13. The predicted molar refractivity (Wildman–Crippen MR) is 81.9 cm³/mol. The molecule has 1 saturated carbocycles. The van der Waals surface area contributed by atoms with Crippen molar-refractivity contribution in [1.29, 1.82) is 0 Å². The monoisotopic (exact) mass is 296 g/mol. The number of piperidine rings is 1. The van der Waals surface area contributed by atoms with E-state index in [2.05, 4.69) is 20.9 Å². The van der Waals surface area contributed by atoms with Crippen LogP contribution in [0.15, 0.2) is 0 Å². The summed E-state index contributed by atoms with van der Waals surface area (Å²) in [6, 6.07) is 0.786. The average molecular weight is 296 g/mol. The first kappa shape index (κ1) is 16.2. The zero-order valence-corrected chi connectivity index (χ0v) is 13.0. The van der Waals surface area contributed by atoms with Crippen molar-refractivity contribution in [3.8, 4) is 0 Å². The summed E-state index contributed by atoms with van der Waals surface area (Å²) >= 11 is 0. The summed E-state index contributed by atoms with van der Waals surface area (Å²) in [5.74, 6) is 0.157. The molecule has 0 radical (unpaired) electrons. The lowest BCUT2D eigenvalue weighted by molar-refractivity contribution is -0.123. The Morgan fingerprint density at radius 1 is 1.00 bits per heavy atom. The van der Waals surface area contributed by atoms with Crippen molar-refractivity contribution >= 4 is 11.8 Å². The number of rotatable bonds is 6. The van der Waals surface area contributed by atoms with Crippen LogP contribution in [0.3, 0.4) is 0 Å². The van der Waals surface area contributed by atoms with E-state index in [1.54, 1.807) is 7.05 Å². The van der Waals surface area contributed by atoms with Gasteiger partial charge in [-0.1, -0.05) is 12.8 Å². The molecular weight excluding hydrogens is 268 g/mol. The fourth-order valence-corrected chi connectivity index (χ4v) is 3.16. The first-order valence-electron chi connectivity index (χ1n) is 8.13. The Bertz CT molecular complexity index is 348. The van der Waals surface area contributed by atoms with Crippen LogP contribution in [0.2, 0.25) is 0 Å². The standard InChI is InChI=1S/C15H28N4O2/c1-16-15(21)11-19-8-6-13(7-9-19)18-14(20)10-17-12-4-2-3-5-12/h12-13,17H,2-11H2,1H3,(H,16,21)(H,18,20). The summed E-state index contributed by atoms with van der Waals surface area (Å²) < 4.78 is 0. The number of likely N-dealkylation sites (N-methyl/N-ethyl adjacent to an activating group) is 1. The number of nitrogens with one attached hydrogen (secondary N) is 3. The molecule has 1 aliphatic carbocycles. The summed E-state index contributed by atoms with van der Waals surface area (Å²) in [5, 5.41) is 9.08. The molecular formula is C15H28N4O2. The van der Waals surface area contributed by atoms with Gasteiger partial charge in [0.2, 0.25) is 11.8 Å². The zero-order chi connectivity index (χ0) is 15.1. The lowest BCUT2D eigenvalue weighted by Crippen LogP contribution is -2.49. The molecule has 0 aromatic carbocycles. The quantitative estimate of drug-likeness (QED) is 0.637. The third kappa shape index (κ3) is 5.63. The van der Waals surface area contributed by atoms with E-state index >= 15 is 0 Å². The van der Waals surface area contributed by atoms with Crippen LogP contribution >= 0.6 is 0 Å². The topological polar surface area (TPSA) is 73.5 Å². The number of carbonyl (C=O) groups excluding carboxylic acids is 2. The molecule has 0 spiro atoms. The smallest absolute Gasteiger partial charge is 0.234 e. The van der Waals surface area contributed by atoms with E-state index in [1.165, 1.54) is 25.7 Å². The molecule has 21 heavy (non-hydrogen) atoms. The van der Waals surface area contributed by atoms with Crippen LogP contribution in [0.4, 0.5) is 0 Å². The lowest BCUT2D eigenvalue weighted by atomic mass is 10.0. The zero-order valence-electron chi connectivity index (χ0n) is 13.0. The Morgan fingerprint density at radius 2 is 1.67 bits per heavy atom. The van der Waals surface area contributed by atoms with Crippen molar-refractivity contribution < 1.29 is 9.59 Å². The number of amides is 2. The minimum Gasteiger partial charge on any atom is -0.358 e. The third-order valence-corrected chi connectivity index (χ3v) is 4.51. The molecule has 0 aromatic rings. The minimum absolute atomic E-state index is 0.0539. The van der Waals surface area contributed by atoms with E-state index in [0.29, 0.717) is 19.1 Å². The predicted octanol–water partition coefficient (Wildman–Crippen LogP) is -0.155. The summed E-state index contributed by atoms with van der Waals surface area (Å²) in [6.07, 6.45) is 6.81. The second kappa shape index (κ2) is 8.34. The van der Waals surface area contributed by atoms with E-state index in [-0.39, 0.29) is 17.9 Å². The fourth-order valence-electron chi connectivity index (χ4n) is 3.16. The van der Waals surface area contributed by atoms with Gasteiger partial charge in [-0.05, 0) is 25.7 Å². The number of hydrogen-bond acceptors (Lipinski definition) is 4. The number of nitrogens with zero attached hydrogens (tertiary/aromatic N) is 1. The van der Waals surface area contributed by atoms with Crippen LogP contribution < -0.4 is 16.0 Å². The highest BCUT2D eigenvalue weighted by Gasteiger charge is 2.22. The largest absolute Gasteiger partial charge is 0.358 e. The van der Waals surface area contributed by atoms with Crippen molar-refractivity contribution in [1.82, 2.24) is 20.9 Å². The Kier molecular flexibility index (Phi) is 6.45. The highest BCUT2D eigenvalue weighted by atomic mass is 16.2. The number of hydrogen-bond donors (Lipinski definition) is 3. The van der Waals surface area contributed by atoms with Crippen molar-refractivity contribution in [2.75, 3.05) is 33.2 Å². The Morgan fingerprint density at radius 3 is 2.29 bits per heavy atom. The van der Waals surface area contributed by atoms with Crippen molar-refractivity contribution in [2.24, 2.45) is 0 Å². The average Bonchev–Trinajstić information content (AvgIpc) is 3.00. The molecule has 2 fully saturated rings. The molecule has 0 atom stereocenters. The third-order valence-electron chi connectivity index (χ3n) is 4.51. The highest BCUT2D eigenvalue weighted by molar-refractivity contribution is 5.78. The lowest BCUT2D eigenvalue weighted by Gasteiger charge is -2.31. The maximum Gasteiger partial charge on any atom is 0.234 e. The van der Waals surface area contributed by atoms with Gasteiger partial charge in [0.1, 0.15) is 0 Å². The summed E-state index contributed by atoms with van der Waals surface area (Å²) in [6.45, 7) is 2.63. The van der Waals surface area contributed by atoms with Gasteiger partial charge in [-0.2, -0.15) is 0 Å². The second-order valence-electron chi connectivity index (χ2n) is 6.15. The molecule has 0 aromatic heterocycles. The van der Waals surface area contributed by atoms with Crippen molar-refractivity contribution in [2.45, 2.75) is 50.6 Å². The van der Waals surface area contributed by atoms with E-state index in [1.807, 2.05) is 0 Å². The molecule has 3 N–H and O–H groups in total. The van der Waals surface area contributed by atoms with Gasteiger partial charge in [-0.25, -0.2) is 0 Å².